The lowest BCUT2D eigenvalue weighted by Gasteiger charge is -2.33. The van der Waals surface area contributed by atoms with E-state index in [9.17, 15) is 0 Å². The molecule has 1 saturated carbocycles. The fourth-order valence-electron chi connectivity index (χ4n) is 3.81. The predicted molar refractivity (Wildman–Crippen MR) is 100 cm³/mol. The number of nitrogens with zero attached hydrogens (tertiary/aromatic N) is 4. The third kappa shape index (κ3) is 2.22. The van der Waals surface area contributed by atoms with E-state index < -0.39 is 0 Å². The van der Waals surface area contributed by atoms with Gasteiger partial charge in [-0.15, -0.1) is 5.10 Å². The lowest BCUT2D eigenvalue weighted by Crippen LogP contribution is -2.21. The molecule has 0 saturated heterocycles. The maximum absolute atomic E-state index is 6.13. The van der Waals surface area contributed by atoms with Gasteiger partial charge in [0.15, 0.2) is 11.5 Å². The lowest BCUT2D eigenvalue weighted by molar-refractivity contribution is 0.338. The highest BCUT2D eigenvalue weighted by Gasteiger charge is 2.34. The van der Waals surface area contributed by atoms with Gasteiger partial charge in [0.05, 0.1) is 7.11 Å². The number of nitrogen functional groups attached to an aromatic ring is 1. The zero-order chi connectivity index (χ0) is 17.7. The maximum atomic E-state index is 6.13. The molecular weight excluding hydrogens is 326 g/mol. The zero-order valence-corrected chi connectivity index (χ0v) is 14.5. The van der Waals surface area contributed by atoms with Crippen molar-refractivity contribution in [2.75, 3.05) is 12.8 Å². The third-order valence-corrected chi connectivity index (χ3v) is 5.30. The topological polar surface area (TPSA) is 78.3 Å². The smallest absolute Gasteiger partial charge is 0.223 e. The van der Waals surface area contributed by atoms with Gasteiger partial charge in [-0.1, -0.05) is 36.4 Å². The van der Waals surface area contributed by atoms with Crippen LogP contribution in [0.2, 0.25) is 0 Å². The van der Waals surface area contributed by atoms with Crippen molar-refractivity contribution in [3.8, 4) is 5.75 Å². The first-order chi connectivity index (χ1) is 12.7. The van der Waals surface area contributed by atoms with Gasteiger partial charge in [0.25, 0.3) is 0 Å². The van der Waals surface area contributed by atoms with Gasteiger partial charge in [0, 0.05) is 11.3 Å². The number of ether oxygens (including phenoxy) is 1. The molecule has 4 aromatic rings. The van der Waals surface area contributed by atoms with E-state index in [2.05, 4.69) is 40.4 Å². The fourth-order valence-corrected chi connectivity index (χ4v) is 3.81. The Morgan fingerprint density at radius 1 is 1.00 bits per heavy atom. The number of rotatable bonds is 3. The molecule has 1 aliphatic carbocycles. The number of methoxy groups -OCH3 is 1. The summed E-state index contributed by atoms with van der Waals surface area (Å²) in [5.74, 6) is 2.81. The summed E-state index contributed by atoms with van der Waals surface area (Å²) in [4.78, 5) is 9.27. The van der Waals surface area contributed by atoms with Crippen molar-refractivity contribution in [3.63, 3.8) is 0 Å². The highest BCUT2D eigenvalue weighted by molar-refractivity contribution is 5.95. The first-order valence-electron chi connectivity index (χ1n) is 8.78. The Morgan fingerprint density at radius 3 is 2.58 bits per heavy atom. The van der Waals surface area contributed by atoms with Crippen molar-refractivity contribution in [2.45, 2.75) is 24.7 Å². The number of aromatic nitrogens is 4. The molecule has 0 aliphatic heterocycles. The molecule has 1 aliphatic rings. The van der Waals surface area contributed by atoms with Gasteiger partial charge in [-0.05, 0) is 36.5 Å². The molecule has 0 atom stereocenters. The quantitative estimate of drug-likeness (QED) is 0.614. The Kier molecular flexibility index (Phi) is 3.31. The zero-order valence-electron chi connectivity index (χ0n) is 14.5. The van der Waals surface area contributed by atoms with Crippen molar-refractivity contribution >= 4 is 22.5 Å². The predicted octanol–water partition coefficient (Wildman–Crippen LogP) is 3.53. The number of anilines is 1. The minimum Gasteiger partial charge on any atom is -0.494 e. The Morgan fingerprint density at radius 2 is 1.81 bits per heavy atom. The van der Waals surface area contributed by atoms with Crippen molar-refractivity contribution in [2.24, 2.45) is 0 Å². The molecule has 0 bridgehead atoms. The Balaban J connectivity index is 1.53. The van der Waals surface area contributed by atoms with Gasteiger partial charge in [-0.25, -0.2) is 9.97 Å². The molecule has 2 N–H and O–H groups in total. The minimum absolute atomic E-state index is 0.328. The van der Waals surface area contributed by atoms with E-state index in [-0.39, 0.29) is 0 Å². The van der Waals surface area contributed by atoms with Crippen LogP contribution in [-0.2, 0) is 0 Å². The van der Waals surface area contributed by atoms with Gasteiger partial charge >= 0.3 is 0 Å². The van der Waals surface area contributed by atoms with Crippen LogP contribution in [0.4, 0.5) is 5.95 Å². The summed E-state index contributed by atoms with van der Waals surface area (Å²) in [7, 11) is 1.63. The average Bonchev–Trinajstić information content (AvgIpc) is 3.07. The molecule has 6 nitrogen and oxygen atoms in total. The second kappa shape index (κ2) is 5.69. The van der Waals surface area contributed by atoms with Gasteiger partial charge in [-0.3, -0.25) is 0 Å². The highest BCUT2D eigenvalue weighted by Crippen LogP contribution is 2.46. The Bertz CT molecular complexity index is 1100. The van der Waals surface area contributed by atoms with Crippen LogP contribution >= 0.6 is 0 Å². The molecule has 2 heterocycles. The number of fused-ring (bicyclic) bond motifs is 3. The first-order valence-corrected chi connectivity index (χ1v) is 8.78. The summed E-state index contributed by atoms with van der Waals surface area (Å²) in [5, 5.41) is 5.54. The molecule has 2 aromatic heterocycles. The number of para-hydroxylation sites is 1. The van der Waals surface area contributed by atoms with Crippen LogP contribution in [0.1, 0.15) is 36.1 Å². The summed E-state index contributed by atoms with van der Waals surface area (Å²) in [5.41, 5.74) is 8.98. The van der Waals surface area contributed by atoms with Crippen LogP contribution in [-0.4, -0.2) is 26.7 Å². The van der Waals surface area contributed by atoms with Crippen molar-refractivity contribution in [3.05, 3.63) is 59.9 Å². The Hall–Kier alpha value is -3.15. The number of nitrogens with two attached hydrogens (primary N) is 1. The summed E-state index contributed by atoms with van der Waals surface area (Å²) < 4.78 is 7.05. The van der Waals surface area contributed by atoms with Gasteiger partial charge in [0.1, 0.15) is 11.3 Å². The molecule has 6 heteroatoms. The maximum Gasteiger partial charge on any atom is 0.223 e. The Labute approximate surface area is 150 Å². The summed E-state index contributed by atoms with van der Waals surface area (Å²) in [6, 6.07) is 16.4. The molecule has 0 unspecified atom stereocenters. The molecular formula is C20H19N5O. The van der Waals surface area contributed by atoms with E-state index in [1.54, 1.807) is 11.6 Å². The summed E-state index contributed by atoms with van der Waals surface area (Å²) in [6.45, 7) is 0. The second-order valence-electron chi connectivity index (χ2n) is 6.81. The van der Waals surface area contributed by atoms with Crippen LogP contribution in [0.3, 0.4) is 0 Å². The molecule has 0 amide bonds. The molecule has 26 heavy (non-hydrogen) atoms. The van der Waals surface area contributed by atoms with E-state index in [1.807, 2.05) is 18.2 Å². The SMILES string of the molecule is COc1cccc2c1nc(N)n1nc(C3CC(c4ccccc4)C3)nc21. The molecule has 130 valence electrons. The largest absolute Gasteiger partial charge is 0.494 e. The van der Waals surface area contributed by atoms with Crippen LogP contribution in [0, 0.1) is 0 Å². The summed E-state index contributed by atoms with van der Waals surface area (Å²) >= 11 is 0. The molecule has 5 rings (SSSR count). The number of benzene rings is 2. The second-order valence-corrected chi connectivity index (χ2v) is 6.81. The van der Waals surface area contributed by atoms with E-state index in [4.69, 9.17) is 15.5 Å². The van der Waals surface area contributed by atoms with E-state index in [0.29, 0.717) is 23.5 Å². The minimum atomic E-state index is 0.328. The molecule has 2 aromatic carbocycles. The third-order valence-electron chi connectivity index (χ3n) is 5.30. The van der Waals surface area contributed by atoms with Crippen LogP contribution in [0.25, 0.3) is 16.6 Å². The normalized spacial score (nSPS) is 19.6. The van der Waals surface area contributed by atoms with Gasteiger partial charge in [0.2, 0.25) is 5.95 Å². The van der Waals surface area contributed by atoms with E-state index in [0.717, 1.165) is 35.2 Å². The van der Waals surface area contributed by atoms with Gasteiger partial charge in [-0.2, -0.15) is 4.52 Å². The van der Waals surface area contributed by atoms with Crippen molar-refractivity contribution in [1.82, 2.24) is 19.6 Å². The van der Waals surface area contributed by atoms with Crippen LogP contribution in [0.15, 0.2) is 48.5 Å². The van der Waals surface area contributed by atoms with Crippen molar-refractivity contribution in [1.29, 1.82) is 0 Å². The number of hydrogen-bond donors (Lipinski definition) is 1. The van der Waals surface area contributed by atoms with E-state index in [1.165, 1.54) is 5.56 Å². The number of hydrogen-bond acceptors (Lipinski definition) is 5. The average molecular weight is 345 g/mol. The van der Waals surface area contributed by atoms with Crippen LogP contribution < -0.4 is 10.5 Å². The summed E-state index contributed by atoms with van der Waals surface area (Å²) in [6.07, 6.45) is 2.13. The molecule has 0 radical (unpaired) electrons. The van der Waals surface area contributed by atoms with Crippen molar-refractivity contribution < 1.29 is 4.74 Å². The standard InChI is InChI=1S/C20H19N5O/c1-26-16-9-5-8-15-17(16)22-20(21)25-19(15)23-18(24-25)14-10-13(11-14)12-6-3-2-4-7-12/h2-9,13-14H,10-11H2,1H3,(H2,21,22). The monoisotopic (exact) mass is 345 g/mol. The lowest BCUT2D eigenvalue weighted by atomic mass is 9.71. The van der Waals surface area contributed by atoms with Crippen LogP contribution in [0.5, 0.6) is 5.75 Å². The fraction of sp³-hybridized carbons (Fsp3) is 0.250. The molecule has 0 spiro atoms. The van der Waals surface area contributed by atoms with Gasteiger partial charge < -0.3 is 10.5 Å². The van der Waals surface area contributed by atoms with E-state index >= 15 is 0 Å². The molecule has 1 fully saturated rings. The first kappa shape index (κ1) is 15.1. The highest BCUT2D eigenvalue weighted by atomic mass is 16.5.